The van der Waals surface area contributed by atoms with Crippen LogP contribution < -0.4 is 10.1 Å². The van der Waals surface area contributed by atoms with Crippen molar-refractivity contribution in [2.75, 3.05) is 13.1 Å². The first-order valence-electron chi connectivity index (χ1n) is 12.1. The molecular weight excluding hydrogens is 463 g/mol. The maximum atomic E-state index is 15.4. The fourth-order valence-electron chi connectivity index (χ4n) is 5.37. The maximum absolute atomic E-state index is 15.4. The van der Waals surface area contributed by atoms with Gasteiger partial charge in [-0.1, -0.05) is 12.1 Å². The van der Waals surface area contributed by atoms with Crippen molar-refractivity contribution in [3.05, 3.63) is 71.2 Å². The lowest BCUT2D eigenvalue weighted by Gasteiger charge is -2.29. The molecule has 1 aromatic heterocycles. The minimum absolute atomic E-state index is 0.0168. The molecule has 3 aliphatic heterocycles. The average molecular weight is 489 g/mol. The van der Waals surface area contributed by atoms with Crippen LogP contribution >= 0.6 is 0 Å². The molecule has 3 aliphatic rings. The lowest BCUT2D eigenvalue weighted by atomic mass is 10.0. The van der Waals surface area contributed by atoms with Gasteiger partial charge >= 0.3 is 0 Å². The van der Waals surface area contributed by atoms with Gasteiger partial charge < -0.3 is 9.64 Å². The molecule has 2 saturated heterocycles. The van der Waals surface area contributed by atoms with Gasteiger partial charge in [0.25, 0.3) is 5.91 Å². The van der Waals surface area contributed by atoms with Gasteiger partial charge in [-0.25, -0.2) is 4.39 Å². The number of pyridine rings is 1. The number of piperidine rings is 1. The minimum Gasteiger partial charge on any atom is -0.486 e. The monoisotopic (exact) mass is 488 g/mol. The summed E-state index contributed by atoms with van der Waals surface area (Å²) < 4.78 is 21.5. The summed E-state index contributed by atoms with van der Waals surface area (Å²) in [6.45, 7) is 2.26. The molecule has 4 heterocycles. The van der Waals surface area contributed by atoms with Gasteiger partial charge in [0, 0.05) is 48.8 Å². The van der Waals surface area contributed by atoms with E-state index in [0.717, 1.165) is 30.4 Å². The van der Waals surface area contributed by atoms with Crippen LogP contribution in [0.2, 0.25) is 0 Å². The Morgan fingerprint density at radius 3 is 2.86 bits per heavy atom. The predicted octanol–water partition coefficient (Wildman–Crippen LogP) is 2.79. The molecule has 0 aliphatic carbocycles. The Morgan fingerprint density at radius 1 is 1.11 bits per heavy atom. The van der Waals surface area contributed by atoms with Crippen molar-refractivity contribution in [1.29, 1.82) is 0 Å². The number of carbonyl (C=O) groups is 3. The second-order valence-corrected chi connectivity index (χ2v) is 9.60. The molecule has 0 radical (unpaired) electrons. The molecule has 1 N–H and O–H groups in total. The van der Waals surface area contributed by atoms with Gasteiger partial charge in [-0.3, -0.25) is 29.6 Å². The molecule has 9 heteroatoms. The number of benzene rings is 2. The molecule has 0 saturated carbocycles. The van der Waals surface area contributed by atoms with Crippen LogP contribution in [0.3, 0.4) is 0 Å². The van der Waals surface area contributed by atoms with E-state index in [1.807, 2.05) is 18.2 Å². The molecular formula is C27H25FN4O4. The van der Waals surface area contributed by atoms with Crippen LogP contribution in [0.4, 0.5) is 4.39 Å². The summed E-state index contributed by atoms with van der Waals surface area (Å²) in [5, 5.41) is 3.36. The third kappa shape index (κ3) is 4.09. The summed E-state index contributed by atoms with van der Waals surface area (Å²) >= 11 is 0. The smallest absolute Gasteiger partial charge is 0.255 e. The van der Waals surface area contributed by atoms with Crippen LogP contribution in [-0.4, -0.2) is 57.7 Å². The lowest BCUT2D eigenvalue weighted by Crippen LogP contribution is -2.52. The summed E-state index contributed by atoms with van der Waals surface area (Å²) in [5.41, 5.74) is 2.63. The zero-order chi connectivity index (χ0) is 24.8. The molecule has 8 nitrogen and oxygen atoms in total. The van der Waals surface area contributed by atoms with Crippen LogP contribution in [0.25, 0.3) is 10.9 Å². The molecule has 0 spiro atoms. The standard InChI is InChI=1S/C27H25FN4O4/c28-25-20-15-32(22-6-8-24(33)30-26(22)34)27(35)19(20)4-7-23(25)36-18-9-11-31(14-18)13-16-3-5-21-17(12-16)2-1-10-29-21/h1-5,7,10,12,18,22H,6,8-9,11,13-15H2,(H,30,33,34)/t18-,22?/m0/s1. The van der Waals surface area contributed by atoms with E-state index < -0.39 is 23.7 Å². The maximum Gasteiger partial charge on any atom is 0.255 e. The average Bonchev–Trinajstić information content (AvgIpc) is 3.45. The first-order valence-corrected chi connectivity index (χ1v) is 12.1. The number of hydrogen-bond acceptors (Lipinski definition) is 6. The molecule has 1 unspecified atom stereocenters. The highest BCUT2D eigenvalue weighted by atomic mass is 19.1. The molecule has 184 valence electrons. The highest BCUT2D eigenvalue weighted by Gasteiger charge is 2.41. The number of amides is 3. The second kappa shape index (κ2) is 8.98. The van der Waals surface area contributed by atoms with Gasteiger partial charge in [0.15, 0.2) is 11.6 Å². The van der Waals surface area contributed by atoms with Crippen LogP contribution in [0, 0.1) is 5.82 Å². The zero-order valence-corrected chi connectivity index (χ0v) is 19.6. The number of fused-ring (bicyclic) bond motifs is 2. The zero-order valence-electron chi connectivity index (χ0n) is 19.6. The Balaban J connectivity index is 1.12. The molecule has 6 rings (SSSR count). The van der Waals surface area contributed by atoms with Gasteiger partial charge in [0.05, 0.1) is 12.1 Å². The quantitative estimate of drug-likeness (QED) is 0.556. The number of aromatic nitrogens is 1. The van der Waals surface area contributed by atoms with Crippen molar-refractivity contribution in [3.8, 4) is 5.75 Å². The number of ether oxygens (including phenoxy) is 1. The Labute approximate surface area is 207 Å². The highest BCUT2D eigenvalue weighted by molar-refractivity contribution is 6.05. The van der Waals surface area contributed by atoms with Gasteiger partial charge in [-0.15, -0.1) is 0 Å². The summed E-state index contributed by atoms with van der Waals surface area (Å²) in [4.78, 5) is 44.6. The van der Waals surface area contributed by atoms with E-state index in [1.165, 1.54) is 16.5 Å². The molecule has 0 bridgehead atoms. The van der Waals surface area contributed by atoms with E-state index >= 15 is 4.39 Å². The Hall–Kier alpha value is -3.85. The van der Waals surface area contributed by atoms with Gasteiger partial charge in [0.1, 0.15) is 12.1 Å². The van der Waals surface area contributed by atoms with E-state index in [-0.39, 0.29) is 48.3 Å². The summed E-state index contributed by atoms with van der Waals surface area (Å²) in [5.74, 6) is -1.71. The summed E-state index contributed by atoms with van der Waals surface area (Å²) in [6.07, 6.45) is 2.78. The van der Waals surface area contributed by atoms with E-state index in [1.54, 1.807) is 12.3 Å². The number of hydrogen-bond donors (Lipinski definition) is 1. The van der Waals surface area contributed by atoms with Crippen molar-refractivity contribution in [3.63, 3.8) is 0 Å². The summed E-state index contributed by atoms with van der Waals surface area (Å²) in [7, 11) is 0. The minimum atomic E-state index is -0.777. The number of halogens is 1. The molecule has 3 amide bonds. The topological polar surface area (TPSA) is 91.8 Å². The Kier molecular flexibility index (Phi) is 5.64. The SMILES string of the molecule is O=C1CCC(N2Cc3c(ccc(O[C@H]4CCN(Cc5ccc6ncccc6c5)C4)c3F)C2=O)C(=O)N1. The number of rotatable bonds is 5. The largest absolute Gasteiger partial charge is 0.486 e. The van der Waals surface area contributed by atoms with Crippen molar-refractivity contribution in [2.45, 2.75) is 44.5 Å². The number of likely N-dealkylation sites (tertiary alicyclic amines) is 1. The summed E-state index contributed by atoms with van der Waals surface area (Å²) in [6, 6.07) is 12.5. The van der Waals surface area contributed by atoms with Gasteiger partial charge in [-0.05, 0) is 48.7 Å². The Bertz CT molecular complexity index is 1390. The molecule has 2 aromatic carbocycles. The second-order valence-electron chi connectivity index (χ2n) is 9.60. The van der Waals surface area contributed by atoms with Crippen LogP contribution in [-0.2, 0) is 22.7 Å². The van der Waals surface area contributed by atoms with Crippen LogP contribution in [0.1, 0.15) is 40.7 Å². The fourth-order valence-corrected chi connectivity index (χ4v) is 5.37. The van der Waals surface area contributed by atoms with Crippen molar-refractivity contribution in [2.24, 2.45) is 0 Å². The number of carbonyl (C=O) groups excluding carboxylic acids is 3. The number of nitrogens with zero attached hydrogens (tertiary/aromatic N) is 3. The Morgan fingerprint density at radius 2 is 2.00 bits per heavy atom. The van der Waals surface area contributed by atoms with E-state index in [4.69, 9.17) is 4.74 Å². The van der Waals surface area contributed by atoms with Crippen LogP contribution in [0.5, 0.6) is 5.75 Å². The first-order chi connectivity index (χ1) is 17.5. The highest BCUT2D eigenvalue weighted by Crippen LogP contribution is 2.34. The third-order valence-corrected chi connectivity index (χ3v) is 7.21. The molecule has 3 aromatic rings. The number of nitrogens with one attached hydrogen (secondary N) is 1. The molecule has 2 atom stereocenters. The molecule has 2 fully saturated rings. The van der Waals surface area contributed by atoms with Gasteiger partial charge in [-0.2, -0.15) is 0 Å². The lowest BCUT2D eigenvalue weighted by molar-refractivity contribution is -0.136. The van der Waals surface area contributed by atoms with Gasteiger partial charge in [0.2, 0.25) is 11.8 Å². The van der Waals surface area contributed by atoms with E-state index in [9.17, 15) is 14.4 Å². The van der Waals surface area contributed by atoms with Crippen molar-refractivity contribution < 1.29 is 23.5 Å². The third-order valence-electron chi connectivity index (χ3n) is 7.21. The van der Waals surface area contributed by atoms with E-state index in [2.05, 4.69) is 27.3 Å². The normalized spacial score (nSPS) is 22.2. The number of imide groups is 1. The van der Waals surface area contributed by atoms with Crippen molar-refractivity contribution >= 4 is 28.6 Å². The first kappa shape index (κ1) is 22.6. The van der Waals surface area contributed by atoms with E-state index in [0.29, 0.717) is 6.54 Å². The fraction of sp³-hybridized carbons (Fsp3) is 0.333. The molecule has 36 heavy (non-hydrogen) atoms. The predicted molar refractivity (Wildman–Crippen MR) is 128 cm³/mol. The van der Waals surface area contributed by atoms with Crippen molar-refractivity contribution in [1.82, 2.24) is 20.1 Å². The van der Waals surface area contributed by atoms with Crippen LogP contribution in [0.15, 0.2) is 48.7 Å².